The fourth-order valence-electron chi connectivity index (χ4n) is 2.89. The lowest BCUT2D eigenvalue weighted by Gasteiger charge is -2.15. The van der Waals surface area contributed by atoms with E-state index in [-0.39, 0.29) is 60.2 Å². The van der Waals surface area contributed by atoms with Gasteiger partial charge >= 0.3 is 18.3 Å². The van der Waals surface area contributed by atoms with Crippen LogP contribution < -0.4 is 0 Å². The molecule has 0 atom stereocenters. The monoisotopic (exact) mass is 615 g/mol. The van der Waals surface area contributed by atoms with Crippen LogP contribution in [0, 0.1) is 0 Å². The van der Waals surface area contributed by atoms with Crippen molar-refractivity contribution >= 4 is 53.7 Å². The first-order valence-electron chi connectivity index (χ1n) is 13.1. The Labute approximate surface area is 244 Å². The van der Waals surface area contributed by atoms with Crippen LogP contribution in [-0.2, 0) is 57.5 Å². The van der Waals surface area contributed by atoms with Crippen LogP contribution in [0.3, 0.4) is 0 Å². The van der Waals surface area contributed by atoms with Gasteiger partial charge in [-0.3, -0.25) is 48.1 Å². The van der Waals surface area contributed by atoms with Gasteiger partial charge in [-0.05, 0) is 39.5 Å². The van der Waals surface area contributed by atoms with E-state index in [1.807, 2.05) is 6.92 Å². The zero-order valence-corrected chi connectivity index (χ0v) is 24.1. The normalized spacial score (nSPS) is 20.5. The van der Waals surface area contributed by atoms with Crippen molar-refractivity contribution in [1.29, 1.82) is 0 Å². The molecule has 1 N–H and O–H groups in total. The molecule has 0 spiro atoms. The van der Waals surface area contributed by atoms with Gasteiger partial charge in [0.25, 0.3) is 35.4 Å². The number of methoxy groups -OCH3 is 1. The fraction of sp³-hybridized carbons (Fsp3) is 0.640. The molecule has 0 aromatic carbocycles. The van der Waals surface area contributed by atoms with Gasteiger partial charge in [0.2, 0.25) is 0 Å². The number of ether oxygens (including phenoxy) is 2. The van der Waals surface area contributed by atoms with Crippen LogP contribution in [0.5, 0.6) is 0 Å². The predicted octanol–water partition coefficient (Wildman–Crippen LogP) is 0.734. The fourth-order valence-corrected chi connectivity index (χ4v) is 2.89. The zero-order valence-electron chi connectivity index (χ0n) is 24.1. The van der Waals surface area contributed by atoms with Gasteiger partial charge in [0.1, 0.15) is 5.60 Å². The maximum absolute atomic E-state index is 11.2. The number of imide groups is 3. The van der Waals surface area contributed by atoms with E-state index < -0.39 is 53.4 Å². The number of carbonyl (C=O) groups excluding carboxylic acids is 9. The highest BCUT2D eigenvalue weighted by atomic mass is 16.9. The lowest BCUT2D eigenvalue weighted by Crippen LogP contribution is -2.37. The Morgan fingerprint density at radius 1 is 0.605 bits per heavy atom. The number of rotatable bonds is 4. The second kappa shape index (κ2) is 14.5. The van der Waals surface area contributed by atoms with Gasteiger partial charge < -0.3 is 14.6 Å². The summed E-state index contributed by atoms with van der Waals surface area (Å²) in [6, 6.07) is 0. The molecule has 18 nitrogen and oxygen atoms in total. The van der Waals surface area contributed by atoms with Crippen LogP contribution in [0.4, 0.5) is 9.59 Å². The number of hydrogen-bond acceptors (Lipinski definition) is 15. The van der Waals surface area contributed by atoms with E-state index in [0.29, 0.717) is 5.06 Å². The summed E-state index contributed by atoms with van der Waals surface area (Å²) in [7, 11) is 1.35. The topological polar surface area (TPSA) is 230 Å². The third-order valence-electron chi connectivity index (χ3n) is 6.06. The standard InChI is InChI=1S/C9H8N2O7.C9H11NO5.C4H8O.C3H6O2/c12-5-1-2-6(13)10(5)17-9(16)18-11-7(14)3-4-8(11)15;1-9(4-5-9)14-8(13)15-10-6(11)2-3-7(10)12;1-4(5)2-3-4;1-3(4)5-2/h1-4H2;2-5H2,1H3;5H,2-3H2,1H3;1-2H3. The van der Waals surface area contributed by atoms with Crippen molar-refractivity contribution in [3.05, 3.63) is 0 Å². The van der Waals surface area contributed by atoms with Gasteiger partial charge in [0.05, 0.1) is 12.7 Å². The molecule has 5 aliphatic rings. The quantitative estimate of drug-likeness (QED) is 0.339. The molecule has 18 heteroatoms. The second-order valence-corrected chi connectivity index (χ2v) is 10.3. The summed E-state index contributed by atoms with van der Waals surface area (Å²) in [6.45, 7) is 4.98. The second-order valence-electron chi connectivity index (χ2n) is 10.3. The Bertz CT molecular complexity index is 1080. The molecule has 43 heavy (non-hydrogen) atoms. The van der Waals surface area contributed by atoms with Gasteiger partial charge in [0, 0.05) is 45.4 Å². The lowest BCUT2D eigenvalue weighted by molar-refractivity contribution is -0.198. The molecular weight excluding hydrogens is 582 g/mol. The number of esters is 1. The number of hydrogen-bond donors (Lipinski definition) is 1. The molecule has 2 saturated carbocycles. The van der Waals surface area contributed by atoms with Crippen molar-refractivity contribution in [3.8, 4) is 0 Å². The van der Waals surface area contributed by atoms with Crippen LogP contribution >= 0.6 is 0 Å². The Kier molecular flexibility index (Phi) is 11.7. The summed E-state index contributed by atoms with van der Waals surface area (Å²) >= 11 is 0. The Hall–Kier alpha value is -4.61. The van der Waals surface area contributed by atoms with Gasteiger partial charge in [0.15, 0.2) is 0 Å². The predicted molar refractivity (Wildman–Crippen MR) is 134 cm³/mol. The minimum absolute atomic E-state index is 0.0618. The average molecular weight is 616 g/mol. The van der Waals surface area contributed by atoms with E-state index in [0.717, 1.165) is 25.7 Å². The molecule has 0 unspecified atom stereocenters. The van der Waals surface area contributed by atoms with Crippen molar-refractivity contribution in [2.45, 2.75) is 96.2 Å². The van der Waals surface area contributed by atoms with Crippen molar-refractivity contribution < 1.29 is 72.2 Å². The van der Waals surface area contributed by atoms with Crippen molar-refractivity contribution in [1.82, 2.24) is 15.2 Å². The van der Waals surface area contributed by atoms with E-state index in [9.17, 15) is 43.2 Å². The van der Waals surface area contributed by atoms with Crippen LogP contribution in [0.25, 0.3) is 0 Å². The van der Waals surface area contributed by atoms with Crippen LogP contribution in [0.1, 0.15) is 85.0 Å². The summed E-state index contributed by atoms with van der Waals surface area (Å²) in [4.78, 5) is 112. The van der Waals surface area contributed by atoms with E-state index in [4.69, 9.17) is 9.84 Å². The van der Waals surface area contributed by atoms with Crippen molar-refractivity contribution in [3.63, 3.8) is 0 Å². The highest BCUT2D eigenvalue weighted by Gasteiger charge is 2.44. The average Bonchev–Trinajstić information content (AvgIpc) is 3.74. The number of aliphatic hydroxyl groups is 1. The van der Waals surface area contributed by atoms with Crippen LogP contribution in [0.15, 0.2) is 0 Å². The molecule has 5 rings (SSSR count). The summed E-state index contributed by atoms with van der Waals surface area (Å²) in [5.41, 5.74) is -0.719. The molecule has 2 aliphatic carbocycles. The van der Waals surface area contributed by atoms with E-state index >= 15 is 0 Å². The van der Waals surface area contributed by atoms with Crippen molar-refractivity contribution in [2.75, 3.05) is 7.11 Å². The zero-order chi connectivity index (χ0) is 32.5. The summed E-state index contributed by atoms with van der Waals surface area (Å²) in [6.07, 6.45) is 1.03. The number of carbonyl (C=O) groups is 9. The Balaban J connectivity index is 0.000000230. The number of hydroxylamine groups is 6. The van der Waals surface area contributed by atoms with Crippen LogP contribution in [-0.4, -0.2) is 92.3 Å². The summed E-state index contributed by atoms with van der Waals surface area (Å²) in [5.74, 6) is -3.99. The first-order chi connectivity index (χ1) is 20.0. The van der Waals surface area contributed by atoms with E-state index in [1.54, 1.807) is 6.92 Å². The molecule has 3 saturated heterocycles. The molecular formula is C25H33N3O15. The molecule has 5 fully saturated rings. The maximum Gasteiger partial charge on any atom is 0.560 e. The summed E-state index contributed by atoms with van der Waals surface area (Å²) in [5, 5.41) is 9.63. The minimum atomic E-state index is -1.48. The van der Waals surface area contributed by atoms with Crippen molar-refractivity contribution in [2.24, 2.45) is 0 Å². The number of amides is 6. The molecule has 238 valence electrons. The van der Waals surface area contributed by atoms with Gasteiger partial charge in [-0.25, -0.2) is 4.79 Å². The highest BCUT2D eigenvalue weighted by Crippen LogP contribution is 2.39. The Morgan fingerprint density at radius 3 is 1.07 bits per heavy atom. The molecule has 6 amide bonds. The highest BCUT2D eigenvalue weighted by molar-refractivity contribution is 6.03. The minimum Gasteiger partial charge on any atom is -0.469 e. The Morgan fingerprint density at radius 2 is 0.860 bits per heavy atom. The van der Waals surface area contributed by atoms with E-state index in [1.165, 1.54) is 14.0 Å². The smallest absolute Gasteiger partial charge is 0.469 e. The maximum atomic E-state index is 11.2. The molecule has 0 radical (unpaired) electrons. The first-order valence-corrected chi connectivity index (χ1v) is 13.1. The van der Waals surface area contributed by atoms with Gasteiger partial charge in [-0.15, -0.1) is 0 Å². The van der Waals surface area contributed by atoms with E-state index in [2.05, 4.69) is 19.2 Å². The lowest BCUT2D eigenvalue weighted by atomic mass is 10.4. The van der Waals surface area contributed by atoms with Crippen LogP contribution in [0.2, 0.25) is 0 Å². The third-order valence-corrected chi connectivity index (χ3v) is 6.06. The molecule has 3 heterocycles. The summed E-state index contributed by atoms with van der Waals surface area (Å²) < 4.78 is 9.01. The van der Waals surface area contributed by atoms with Gasteiger partial charge in [-0.2, -0.15) is 4.79 Å². The molecule has 0 aromatic rings. The molecule has 0 aromatic heterocycles. The number of nitrogens with zero attached hydrogens (tertiary/aromatic N) is 3. The largest absolute Gasteiger partial charge is 0.560 e. The molecule has 3 aliphatic heterocycles. The third kappa shape index (κ3) is 11.7. The van der Waals surface area contributed by atoms with Gasteiger partial charge in [-0.1, -0.05) is 15.2 Å². The first kappa shape index (κ1) is 34.6. The SMILES string of the molecule is CC1(O)CC1.CC1(OC(=O)ON2C(=O)CCC2=O)CC1.COC(C)=O.O=C(ON1C(=O)CCC1=O)ON1C(=O)CCC1=O. The molecule has 0 bridgehead atoms.